The number of nitrogens with two attached hydrogens (primary N) is 1. The summed E-state index contributed by atoms with van der Waals surface area (Å²) in [6.07, 6.45) is 1.12. The van der Waals surface area contributed by atoms with Gasteiger partial charge in [-0.2, -0.15) is 11.8 Å². The van der Waals surface area contributed by atoms with E-state index in [0.29, 0.717) is 18.2 Å². The van der Waals surface area contributed by atoms with Gasteiger partial charge in [-0.1, -0.05) is 0 Å². The third-order valence-corrected chi connectivity index (χ3v) is 6.97. The fourth-order valence-electron chi connectivity index (χ4n) is 1.89. The number of nitrogens with one attached hydrogen (secondary N) is 1. The summed E-state index contributed by atoms with van der Waals surface area (Å²) >= 11 is 3.44. The molecule has 1 unspecified atom stereocenters. The summed E-state index contributed by atoms with van der Waals surface area (Å²) in [5.41, 5.74) is 6.33. The first kappa shape index (κ1) is 16.0. The van der Waals surface area contributed by atoms with E-state index in [-0.39, 0.29) is 5.75 Å². The largest absolute Gasteiger partial charge is 0.399 e. The molecule has 2 rings (SSSR count). The average Bonchev–Trinajstić information content (AvgIpc) is 2.92. The Morgan fingerprint density at radius 3 is 2.75 bits per heavy atom. The Morgan fingerprint density at radius 1 is 1.35 bits per heavy atom. The van der Waals surface area contributed by atoms with E-state index in [2.05, 4.69) is 4.72 Å². The molecule has 0 spiro atoms. The van der Waals surface area contributed by atoms with Gasteiger partial charge in [-0.05, 0) is 48.1 Å². The number of sulfonamides is 1. The van der Waals surface area contributed by atoms with Crippen LogP contribution >= 0.6 is 23.5 Å². The number of hydrogen-bond donors (Lipinski definition) is 2. The molecule has 1 aromatic carbocycles. The van der Waals surface area contributed by atoms with E-state index in [0.717, 1.165) is 28.5 Å². The van der Waals surface area contributed by atoms with Crippen LogP contribution in [-0.2, 0) is 10.0 Å². The zero-order valence-corrected chi connectivity index (χ0v) is 13.7. The van der Waals surface area contributed by atoms with E-state index in [1.165, 1.54) is 11.8 Å². The lowest BCUT2D eigenvalue weighted by Gasteiger charge is -2.10. The van der Waals surface area contributed by atoms with Gasteiger partial charge in [-0.15, -0.1) is 11.8 Å². The van der Waals surface area contributed by atoms with Crippen molar-refractivity contribution in [3.8, 4) is 0 Å². The van der Waals surface area contributed by atoms with E-state index in [9.17, 15) is 8.42 Å². The van der Waals surface area contributed by atoms with Crippen molar-refractivity contribution in [2.24, 2.45) is 5.92 Å². The highest BCUT2D eigenvalue weighted by Gasteiger charge is 2.18. The smallest absolute Gasteiger partial charge is 0.212 e. The lowest BCUT2D eigenvalue weighted by Crippen LogP contribution is -2.32. The predicted octanol–water partition coefficient (Wildman–Crippen LogP) is 2.03. The minimum atomic E-state index is -3.15. The van der Waals surface area contributed by atoms with E-state index in [4.69, 9.17) is 5.73 Å². The SMILES string of the molecule is Nc1ccc(SCCS(=O)(=O)NCC2CCSC2)cc1. The topological polar surface area (TPSA) is 72.2 Å². The molecule has 1 aliphatic heterocycles. The third-order valence-electron chi connectivity index (χ3n) is 3.12. The quantitative estimate of drug-likeness (QED) is 0.590. The normalized spacial score (nSPS) is 19.3. The van der Waals surface area contributed by atoms with Crippen molar-refractivity contribution in [2.45, 2.75) is 11.3 Å². The zero-order valence-electron chi connectivity index (χ0n) is 11.2. The highest BCUT2D eigenvalue weighted by molar-refractivity contribution is 8.00. The average molecular weight is 333 g/mol. The van der Waals surface area contributed by atoms with E-state index < -0.39 is 10.0 Å². The van der Waals surface area contributed by atoms with Crippen molar-refractivity contribution in [3.63, 3.8) is 0 Å². The van der Waals surface area contributed by atoms with Gasteiger partial charge >= 0.3 is 0 Å². The molecule has 1 fully saturated rings. The fraction of sp³-hybridized carbons (Fsp3) is 0.538. The Labute approximate surface area is 129 Å². The number of rotatable bonds is 7. The maximum Gasteiger partial charge on any atom is 0.212 e. The maximum atomic E-state index is 11.9. The number of nitrogen functional groups attached to an aromatic ring is 1. The molecule has 1 aromatic rings. The lowest BCUT2D eigenvalue weighted by molar-refractivity contribution is 0.547. The molecule has 112 valence electrons. The van der Waals surface area contributed by atoms with Gasteiger partial charge in [0.1, 0.15) is 0 Å². The first-order valence-corrected chi connectivity index (χ1v) is 10.4. The van der Waals surface area contributed by atoms with Crippen LogP contribution in [0.25, 0.3) is 0 Å². The molecular weight excluding hydrogens is 312 g/mol. The number of hydrogen-bond acceptors (Lipinski definition) is 5. The molecular formula is C13H20N2O2S3. The van der Waals surface area contributed by atoms with Crippen molar-refractivity contribution < 1.29 is 8.42 Å². The van der Waals surface area contributed by atoms with Gasteiger partial charge in [0.2, 0.25) is 10.0 Å². The van der Waals surface area contributed by atoms with Gasteiger partial charge in [0.25, 0.3) is 0 Å². The summed E-state index contributed by atoms with van der Waals surface area (Å²) < 4.78 is 26.5. The number of benzene rings is 1. The van der Waals surface area contributed by atoms with E-state index >= 15 is 0 Å². The van der Waals surface area contributed by atoms with Crippen molar-refractivity contribution in [1.29, 1.82) is 0 Å². The molecule has 0 amide bonds. The zero-order chi connectivity index (χ0) is 14.4. The minimum absolute atomic E-state index is 0.155. The predicted molar refractivity (Wildman–Crippen MR) is 88.8 cm³/mol. The highest BCUT2D eigenvalue weighted by Crippen LogP contribution is 2.23. The summed E-state index contributed by atoms with van der Waals surface area (Å²) in [7, 11) is -3.15. The number of anilines is 1. The summed E-state index contributed by atoms with van der Waals surface area (Å²) in [6.45, 7) is 0.585. The van der Waals surface area contributed by atoms with Crippen LogP contribution in [0.15, 0.2) is 29.2 Å². The van der Waals surface area contributed by atoms with Crippen LogP contribution in [0.1, 0.15) is 6.42 Å². The van der Waals surface area contributed by atoms with Crippen LogP contribution in [0.3, 0.4) is 0 Å². The molecule has 0 saturated carbocycles. The molecule has 7 heteroatoms. The van der Waals surface area contributed by atoms with Crippen LogP contribution in [0, 0.1) is 5.92 Å². The third kappa shape index (κ3) is 5.55. The molecule has 1 aliphatic rings. The molecule has 0 aliphatic carbocycles. The molecule has 4 nitrogen and oxygen atoms in total. The second-order valence-corrected chi connectivity index (χ2v) is 9.06. The van der Waals surface area contributed by atoms with E-state index in [1.54, 1.807) is 0 Å². The molecule has 1 saturated heterocycles. The second kappa shape index (κ2) is 7.59. The van der Waals surface area contributed by atoms with Gasteiger partial charge in [-0.25, -0.2) is 13.1 Å². The molecule has 1 heterocycles. The summed E-state index contributed by atoms with van der Waals surface area (Å²) in [5.74, 6) is 3.43. The van der Waals surface area contributed by atoms with Crippen molar-refractivity contribution in [2.75, 3.05) is 35.3 Å². The summed E-state index contributed by atoms with van der Waals surface area (Å²) in [5, 5.41) is 0. The van der Waals surface area contributed by atoms with Crippen LogP contribution in [0.5, 0.6) is 0 Å². The van der Waals surface area contributed by atoms with Crippen molar-refractivity contribution >= 4 is 39.2 Å². The molecule has 0 aromatic heterocycles. The second-order valence-electron chi connectivity index (χ2n) is 4.81. The Morgan fingerprint density at radius 2 is 2.10 bits per heavy atom. The fourth-order valence-corrected chi connectivity index (χ4v) is 5.59. The van der Waals surface area contributed by atoms with Gasteiger partial charge in [0, 0.05) is 22.9 Å². The Balaban J connectivity index is 1.70. The highest BCUT2D eigenvalue weighted by atomic mass is 32.2. The van der Waals surface area contributed by atoms with Crippen LogP contribution in [-0.4, -0.2) is 38.0 Å². The molecule has 0 bridgehead atoms. The molecule has 3 N–H and O–H groups in total. The maximum absolute atomic E-state index is 11.9. The van der Waals surface area contributed by atoms with Crippen molar-refractivity contribution in [3.05, 3.63) is 24.3 Å². The monoisotopic (exact) mass is 332 g/mol. The van der Waals surface area contributed by atoms with Crippen LogP contribution < -0.4 is 10.5 Å². The van der Waals surface area contributed by atoms with E-state index in [1.807, 2.05) is 36.0 Å². The first-order valence-electron chi connectivity index (χ1n) is 6.58. The van der Waals surface area contributed by atoms with Gasteiger partial charge < -0.3 is 5.73 Å². The van der Waals surface area contributed by atoms with Gasteiger partial charge in [0.05, 0.1) is 5.75 Å². The van der Waals surface area contributed by atoms with Crippen molar-refractivity contribution in [1.82, 2.24) is 4.72 Å². The number of thioether (sulfide) groups is 2. The Bertz CT molecular complexity index is 511. The van der Waals surface area contributed by atoms with Crippen LogP contribution in [0.4, 0.5) is 5.69 Å². The van der Waals surface area contributed by atoms with Gasteiger partial charge in [0.15, 0.2) is 0 Å². The molecule has 0 radical (unpaired) electrons. The Hall–Kier alpha value is -0.370. The molecule has 20 heavy (non-hydrogen) atoms. The standard InChI is InChI=1S/C13H20N2O2S3/c14-12-1-3-13(4-2-12)19-7-8-20(16,17)15-9-11-5-6-18-10-11/h1-4,11,15H,5-10,14H2. The summed E-state index contributed by atoms with van der Waals surface area (Å²) in [4.78, 5) is 1.04. The lowest BCUT2D eigenvalue weighted by atomic mass is 10.1. The Kier molecular flexibility index (Phi) is 6.07. The summed E-state index contributed by atoms with van der Waals surface area (Å²) in [6, 6.07) is 7.48. The first-order chi connectivity index (χ1) is 9.55. The van der Waals surface area contributed by atoms with Crippen LogP contribution in [0.2, 0.25) is 0 Å². The van der Waals surface area contributed by atoms with Gasteiger partial charge in [-0.3, -0.25) is 0 Å². The minimum Gasteiger partial charge on any atom is -0.399 e. The molecule has 1 atom stereocenters.